The van der Waals surface area contributed by atoms with E-state index in [9.17, 15) is 14.4 Å². The summed E-state index contributed by atoms with van der Waals surface area (Å²) in [6.07, 6.45) is 0.985. The first-order valence-electron chi connectivity index (χ1n) is 11.9. The van der Waals surface area contributed by atoms with Crippen LogP contribution >= 0.6 is 0 Å². The summed E-state index contributed by atoms with van der Waals surface area (Å²) < 4.78 is 5.58. The van der Waals surface area contributed by atoms with E-state index in [4.69, 9.17) is 9.84 Å². The van der Waals surface area contributed by atoms with E-state index in [1.165, 1.54) is 11.1 Å². The molecule has 7 heteroatoms. The van der Waals surface area contributed by atoms with Crippen LogP contribution in [0.2, 0.25) is 0 Å². The van der Waals surface area contributed by atoms with Gasteiger partial charge in [0, 0.05) is 32.0 Å². The molecule has 0 bridgehead atoms. The third-order valence-corrected chi connectivity index (χ3v) is 6.96. The van der Waals surface area contributed by atoms with E-state index in [1.807, 2.05) is 38.1 Å². The minimum absolute atomic E-state index is 0.0140. The highest BCUT2D eigenvalue weighted by atomic mass is 16.5. The van der Waals surface area contributed by atoms with Crippen molar-refractivity contribution in [3.8, 4) is 11.1 Å². The lowest BCUT2D eigenvalue weighted by Gasteiger charge is -2.36. The molecule has 2 aromatic carbocycles. The Morgan fingerprint density at radius 2 is 1.56 bits per heavy atom. The summed E-state index contributed by atoms with van der Waals surface area (Å²) in [7, 11) is 0. The van der Waals surface area contributed by atoms with Gasteiger partial charge in [0.2, 0.25) is 5.91 Å². The van der Waals surface area contributed by atoms with E-state index in [0.717, 1.165) is 11.1 Å². The number of alkyl carbamates (subject to hydrolysis) is 1. The summed E-state index contributed by atoms with van der Waals surface area (Å²) in [5.41, 5.74) is 3.86. The van der Waals surface area contributed by atoms with E-state index in [0.29, 0.717) is 25.9 Å². The Kier molecular flexibility index (Phi) is 6.91. The van der Waals surface area contributed by atoms with Crippen molar-refractivity contribution < 1.29 is 24.2 Å². The summed E-state index contributed by atoms with van der Waals surface area (Å²) in [5.74, 6) is -0.735. The molecule has 1 fully saturated rings. The number of piperidine rings is 1. The van der Waals surface area contributed by atoms with E-state index < -0.39 is 17.5 Å². The molecule has 180 valence electrons. The molecule has 34 heavy (non-hydrogen) atoms. The van der Waals surface area contributed by atoms with Crippen LogP contribution in [0, 0.1) is 11.3 Å². The number of benzene rings is 2. The molecule has 0 radical (unpaired) electrons. The molecular formula is C27H32N2O5. The van der Waals surface area contributed by atoms with Crippen LogP contribution in [-0.4, -0.2) is 54.2 Å². The number of carboxylic acid groups (broad SMARTS) is 1. The molecule has 2 aliphatic rings. The molecule has 0 saturated carbocycles. The average Bonchev–Trinajstić information content (AvgIpc) is 3.15. The highest BCUT2D eigenvalue weighted by Crippen LogP contribution is 2.44. The minimum atomic E-state index is -0.794. The molecule has 0 spiro atoms. The third kappa shape index (κ3) is 5.08. The first-order valence-corrected chi connectivity index (χ1v) is 11.9. The quantitative estimate of drug-likeness (QED) is 0.638. The van der Waals surface area contributed by atoms with Crippen molar-refractivity contribution in [1.29, 1.82) is 0 Å². The predicted molar refractivity (Wildman–Crippen MR) is 128 cm³/mol. The molecule has 2 N–H and O–H groups in total. The monoisotopic (exact) mass is 464 g/mol. The van der Waals surface area contributed by atoms with Gasteiger partial charge in [-0.1, -0.05) is 48.5 Å². The predicted octanol–water partition coefficient (Wildman–Crippen LogP) is 4.26. The normalized spacial score (nSPS) is 16.0. The minimum Gasteiger partial charge on any atom is -0.481 e. The van der Waals surface area contributed by atoms with Crippen molar-refractivity contribution in [2.45, 2.75) is 39.0 Å². The highest BCUT2D eigenvalue weighted by Gasteiger charge is 2.35. The molecule has 7 nitrogen and oxygen atoms in total. The highest BCUT2D eigenvalue weighted by molar-refractivity contribution is 5.83. The Labute approximate surface area is 200 Å². The number of likely N-dealkylation sites (tertiary alicyclic amines) is 1. The second-order valence-electron chi connectivity index (χ2n) is 9.90. The lowest BCUT2D eigenvalue weighted by Crippen LogP contribution is -2.49. The van der Waals surface area contributed by atoms with Gasteiger partial charge in [-0.2, -0.15) is 0 Å². The van der Waals surface area contributed by atoms with Gasteiger partial charge < -0.3 is 20.1 Å². The van der Waals surface area contributed by atoms with Gasteiger partial charge in [0.15, 0.2) is 0 Å². The van der Waals surface area contributed by atoms with Crippen LogP contribution in [0.4, 0.5) is 4.79 Å². The van der Waals surface area contributed by atoms with Crippen LogP contribution in [0.5, 0.6) is 0 Å². The molecule has 2 aromatic rings. The maximum Gasteiger partial charge on any atom is 0.407 e. The Morgan fingerprint density at radius 3 is 2.12 bits per heavy atom. The zero-order valence-electron chi connectivity index (χ0n) is 19.8. The number of amides is 2. The number of carbonyl (C=O) groups is 3. The van der Waals surface area contributed by atoms with Gasteiger partial charge in [0.1, 0.15) is 6.61 Å². The summed E-state index contributed by atoms with van der Waals surface area (Å²) in [6, 6.07) is 16.3. The Bertz CT molecular complexity index is 1030. The summed E-state index contributed by atoms with van der Waals surface area (Å²) in [6.45, 7) is 5.10. The number of hydrogen-bond donors (Lipinski definition) is 2. The number of fused-ring (bicyclic) bond motifs is 3. The van der Waals surface area contributed by atoms with E-state index in [2.05, 4.69) is 29.6 Å². The van der Waals surface area contributed by atoms with E-state index in [-0.39, 0.29) is 37.3 Å². The zero-order valence-corrected chi connectivity index (χ0v) is 19.8. The van der Waals surface area contributed by atoms with Crippen molar-refractivity contribution in [2.75, 3.05) is 26.2 Å². The van der Waals surface area contributed by atoms with Gasteiger partial charge >= 0.3 is 12.1 Å². The number of rotatable bonds is 7. The van der Waals surface area contributed by atoms with Crippen molar-refractivity contribution in [3.63, 3.8) is 0 Å². The maximum atomic E-state index is 13.0. The number of ether oxygens (including phenoxy) is 1. The first-order chi connectivity index (χ1) is 16.3. The topological polar surface area (TPSA) is 95.9 Å². The second kappa shape index (κ2) is 9.87. The van der Waals surface area contributed by atoms with E-state index >= 15 is 0 Å². The fourth-order valence-electron chi connectivity index (χ4n) is 5.03. The van der Waals surface area contributed by atoms with Crippen LogP contribution < -0.4 is 5.32 Å². The summed E-state index contributed by atoms with van der Waals surface area (Å²) >= 11 is 0. The number of aliphatic carboxylic acids is 1. The maximum absolute atomic E-state index is 13.0. The molecule has 0 atom stereocenters. The molecule has 0 aromatic heterocycles. The van der Waals surface area contributed by atoms with Gasteiger partial charge in [0.05, 0.1) is 5.41 Å². The average molecular weight is 465 g/mol. The Balaban J connectivity index is 1.29. The fourth-order valence-corrected chi connectivity index (χ4v) is 5.03. The Morgan fingerprint density at radius 1 is 1.00 bits per heavy atom. The van der Waals surface area contributed by atoms with Crippen LogP contribution in [0.3, 0.4) is 0 Å². The molecule has 1 aliphatic carbocycles. The first kappa shape index (κ1) is 23.8. The largest absolute Gasteiger partial charge is 0.481 e. The molecule has 1 aliphatic heterocycles. The van der Waals surface area contributed by atoms with Gasteiger partial charge in [0.25, 0.3) is 0 Å². The molecule has 0 unspecified atom stereocenters. The zero-order chi connectivity index (χ0) is 24.3. The number of hydrogen-bond acceptors (Lipinski definition) is 4. The van der Waals surface area contributed by atoms with Crippen molar-refractivity contribution >= 4 is 18.0 Å². The van der Waals surface area contributed by atoms with E-state index in [1.54, 1.807) is 4.90 Å². The van der Waals surface area contributed by atoms with Gasteiger partial charge in [-0.3, -0.25) is 9.59 Å². The lowest BCUT2D eigenvalue weighted by atomic mass is 9.88. The van der Waals surface area contributed by atoms with Gasteiger partial charge in [-0.05, 0) is 54.9 Å². The smallest absolute Gasteiger partial charge is 0.407 e. The third-order valence-electron chi connectivity index (χ3n) is 6.96. The number of carboxylic acids is 1. The molecule has 4 rings (SSSR count). The summed E-state index contributed by atoms with van der Waals surface area (Å²) in [4.78, 5) is 38.2. The van der Waals surface area contributed by atoms with Crippen LogP contribution in [0.15, 0.2) is 48.5 Å². The van der Waals surface area contributed by atoms with Gasteiger partial charge in [-0.25, -0.2) is 4.79 Å². The van der Waals surface area contributed by atoms with Crippen molar-refractivity contribution in [2.24, 2.45) is 11.3 Å². The number of nitrogens with zero attached hydrogens (tertiary/aromatic N) is 1. The molecule has 2 amide bonds. The standard InChI is InChI=1S/C27H32N2O5/c1-27(2,25(32)29-13-11-18(12-14-29)15-24(30)31)17-28-26(33)34-16-23-21-9-5-3-7-19(21)20-8-4-6-10-22(20)23/h3-10,18,23H,11-17H2,1-2H3,(H,28,33)(H,30,31). The lowest BCUT2D eigenvalue weighted by molar-refractivity contribution is -0.142. The second-order valence-corrected chi connectivity index (χ2v) is 9.90. The van der Waals surface area contributed by atoms with Crippen LogP contribution in [0.25, 0.3) is 11.1 Å². The molecular weight excluding hydrogens is 432 g/mol. The van der Waals surface area contributed by atoms with Gasteiger partial charge in [-0.15, -0.1) is 0 Å². The van der Waals surface area contributed by atoms with Crippen LogP contribution in [-0.2, 0) is 14.3 Å². The fraction of sp³-hybridized carbons (Fsp3) is 0.444. The number of carbonyl (C=O) groups excluding carboxylic acids is 2. The SMILES string of the molecule is CC(C)(CNC(=O)OCC1c2ccccc2-c2ccccc21)C(=O)N1CCC(CC(=O)O)CC1. The molecule has 1 saturated heterocycles. The van der Waals surface area contributed by atoms with Crippen molar-refractivity contribution in [1.82, 2.24) is 10.2 Å². The van der Waals surface area contributed by atoms with Crippen molar-refractivity contribution in [3.05, 3.63) is 59.7 Å². The Hall–Kier alpha value is -3.35. The molecule has 1 heterocycles. The number of nitrogens with one attached hydrogen (secondary N) is 1. The van der Waals surface area contributed by atoms with Crippen LogP contribution in [0.1, 0.15) is 50.2 Å². The summed E-state index contributed by atoms with van der Waals surface area (Å²) in [5, 5.41) is 11.7.